The van der Waals surface area contributed by atoms with Crippen LogP contribution in [-0.2, 0) is 14.8 Å². The van der Waals surface area contributed by atoms with Gasteiger partial charge >= 0.3 is 5.97 Å². The summed E-state index contributed by atoms with van der Waals surface area (Å²) in [5.74, 6) is -1.97. The van der Waals surface area contributed by atoms with E-state index in [9.17, 15) is 18.0 Å². The maximum atomic E-state index is 12.2. The maximum absolute atomic E-state index is 12.2. The molecule has 1 amide bonds. The molecule has 0 spiro atoms. The zero-order valence-electron chi connectivity index (χ0n) is 10.6. The minimum Gasteiger partial charge on any atom is -0.476 e. The number of aromatic carboxylic acids is 1. The lowest BCUT2D eigenvalue weighted by Gasteiger charge is -2.16. The van der Waals surface area contributed by atoms with Crippen molar-refractivity contribution in [1.29, 1.82) is 0 Å². The number of hydrogen-bond donors (Lipinski definition) is 3. The predicted octanol–water partition coefficient (Wildman–Crippen LogP) is -1.22. The fourth-order valence-corrected chi connectivity index (χ4v) is 2.81. The van der Waals surface area contributed by atoms with E-state index < -0.39 is 39.0 Å². The molecule has 9 nitrogen and oxygen atoms in total. The van der Waals surface area contributed by atoms with Gasteiger partial charge in [0.15, 0.2) is 5.69 Å². The molecule has 1 aromatic heterocycles. The molecule has 0 fully saturated rings. The van der Waals surface area contributed by atoms with E-state index in [4.69, 9.17) is 5.11 Å². The summed E-state index contributed by atoms with van der Waals surface area (Å²) in [5, 5.41) is 16.9. The zero-order chi connectivity index (χ0) is 14.8. The van der Waals surface area contributed by atoms with Crippen molar-refractivity contribution >= 4 is 21.9 Å². The topological polar surface area (TPSA) is 132 Å². The van der Waals surface area contributed by atoms with Crippen molar-refractivity contribution in [3.63, 3.8) is 0 Å². The van der Waals surface area contributed by atoms with Crippen LogP contribution in [0.1, 0.15) is 16.2 Å². The highest BCUT2D eigenvalue weighted by Gasteiger charge is 2.32. The molecule has 0 aromatic carbocycles. The van der Waals surface area contributed by atoms with E-state index in [1.165, 1.54) is 21.0 Å². The number of aromatic nitrogens is 2. The third kappa shape index (κ3) is 2.90. The first-order valence-corrected chi connectivity index (χ1v) is 6.61. The first-order valence-electron chi connectivity index (χ1n) is 5.17. The Hall–Kier alpha value is -1.94. The van der Waals surface area contributed by atoms with E-state index >= 15 is 0 Å². The van der Waals surface area contributed by atoms with Crippen LogP contribution in [0.5, 0.6) is 0 Å². The third-order valence-corrected chi connectivity index (χ3v) is 4.37. The van der Waals surface area contributed by atoms with Gasteiger partial charge in [-0.3, -0.25) is 9.89 Å². The van der Waals surface area contributed by atoms with Gasteiger partial charge in [0.05, 0.1) is 12.2 Å². The smallest absolute Gasteiger partial charge is 0.357 e. The number of rotatable bonds is 5. The molecule has 0 saturated carbocycles. The number of aryl methyl sites for hydroxylation is 1. The SMILES string of the molecule is CNC(=O)CN(C)S(=O)(=O)c1c(C(=O)O)n[nH]c1C. The summed E-state index contributed by atoms with van der Waals surface area (Å²) in [6.45, 7) is 0.975. The molecule has 1 heterocycles. The summed E-state index contributed by atoms with van der Waals surface area (Å²) in [5.41, 5.74) is -0.498. The van der Waals surface area contributed by atoms with Crippen molar-refractivity contribution in [2.45, 2.75) is 11.8 Å². The fourth-order valence-electron chi connectivity index (χ4n) is 1.40. The molecule has 0 aliphatic rings. The summed E-state index contributed by atoms with van der Waals surface area (Å²) in [4.78, 5) is 21.7. The molecule has 106 valence electrons. The summed E-state index contributed by atoms with van der Waals surface area (Å²) in [6, 6.07) is 0. The number of carboxylic acids is 1. The molecule has 0 aliphatic heterocycles. The lowest BCUT2D eigenvalue weighted by atomic mass is 10.4. The van der Waals surface area contributed by atoms with Gasteiger partial charge in [-0.05, 0) is 6.92 Å². The summed E-state index contributed by atoms with van der Waals surface area (Å²) in [7, 11) is -1.56. The van der Waals surface area contributed by atoms with E-state index in [0.717, 1.165) is 4.31 Å². The van der Waals surface area contributed by atoms with Crippen molar-refractivity contribution in [3.05, 3.63) is 11.4 Å². The number of H-pyrrole nitrogens is 1. The number of carbonyl (C=O) groups is 2. The van der Waals surface area contributed by atoms with Gasteiger partial charge in [0.2, 0.25) is 15.9 Å². The molecule has 0 saturated heterocycles. The number of carboxylic acid groups (broad SMARTS) is 1. The van der Waals surface area contributed by atoms with Crippen LogP contribution in [0.2, 0.25) is 0 Å². The van der Waals surface area contributed by atoms with Crippen molar-refractivity contribution in [2.24, 2.45) is 0 Å². The molecular weight excluding hydrogens is 276 g/mol. The zero-order valence-corrected chi connectivity index (χ0v) is 11.4. The minimum atomic E-state index is -4.11. The molecule has 10 heteroatoms. The van der Waals surface area contributed by atoms with Gasteiger partial charge in [0, 0.05) is 14.1 Å². The first kappa shape index (κ1) is 15.1. The number of aromatic amines is 1. The number of nitrogens with zero attached hydrogens (tertiary/aromatic N) is 2. The second-order valence-corrected chi connectivity index (χ2v) is 5.75. The Morgan fingerprint density at radius 2 is 2.05 bits per heavy atom. The molecule has 0 aliphatic carbocycles. The lowest BCUT2D eigenvalue weighted by molar-refractivity contribution is -0.120. The van der Waals surface area contributed by atoms with Crippen LogP contribution in [0.4, 0.5) is 0 Å². The van der Waals surface area contributed by atoms with Crippen LogP contribution < -0.4 is 5.32 Å². The fraction of sp³-hybridized carbons (Fsp3) is 0.444. The van der Waals surface area contributed by atoms with E-state index in [1.807, 2.05) is 0 Å². The number of sulfonamides is 1. The molecule has 0 radical (unpaired) electrons. The summed E-state index contributed by atoms with van der Waals surface area (Å²) in [6.07, 6.45) is 0. The molecule has 1 aromatic rings. The van der Waals surface area contributed by atoms with Crippen molar-refractivity contribution < 1.29 is 23.1 Å². The molecule has 3 N–H and O–H groups in total. The number of amides is 1. The predicted molar refractivity (Wildman–Crippen MR) is 64.2 cm³/mol. The van der Waals surface area contributed by atoms with Crippen LogP contribution in [0.25, 0.3) is 0 Å². The number of likely N-dealkylation sites (N-methyl/N-ethyl adjacent to an activating group) is 2. The Kier molecular flexibility index (Phi) is 4.27. The number of hydrogen-bond acceptors (Lipinski definition) is 5. The average Bonchev–Trinajstić information content (AvgIpc) is 2.71. The van der Waals surface area contributed by atoms with Crippen LogP contribution in [-0.4, -0.2) is 60.5 Å². The van der Waals surface area contributed by atoms with Gasteiger partial charge in [-0.1, -0.05) is 0 Å². The van der Waals surface area contributed by atoms with Crippen LogP contribution in [0, 0.1) is 6.92 Å². The Labute approximate surface area is 109 Å². The van der Waals surface area contributed by atoms with Gasteiger partial charge in [-0.25, -0.2) is 13.2 Å². The summed E-state index contributed by atoms with van der Waals surface area (Å²) < 4.78 is 25.2. The molecule has 0 unspecified atom stereocenters. The van der Waals surface area contributed by atoms with Crippen LogP contribution >= 0.6 is 0 Å². The average molecular weight is 290 g/mol. The summed E-state index contributed by atoms with van der Waals surface area (Å²) >= 11 is 0. The minimum absolute atomic E-state index is 0.0983. The van der Waals surface area contributed by atoms with Crippen LogP contribution in [0.15, 0.2) is 4.90 Å². The maximum Gasteiger partial charge on any atom is 0.357 e. The Bertz CT molecular complexity index is 606. The normalized spacial score (nSPS) is 11.6. The third-order valence-electron chi connectivity index (χ3n) is 2.41. The van der Waals surface area contributed by atoms with E-state index in [2.05, 4.69) is 15.5 Å². The molecule has 0 bridgehead atoms. The Morgan fingerprint density at radius 3 is 2.53 bits per heavy atom. The highest BCUT2D eigenvalue weighted by molar-refractivity contribution is 7.89. The number of carbonyl (C=O) groups excluding carboxylic acids is 1. The van der Waals surface area contributed by atoms with E-state index in [1.54, 1.807) is 0 Å². The molecule has 19 heavy (non-hydrogen) atoms. The largest absolute Gasteiger partial charge is 0.476 e. The molecule has 0 atom stereocenters. The monoisotopic (exact) mass is 290 g/mol. The highest BCUT2D eigenvalue weighted by Crippen LogP contribution is 2.21. The van der Waals surface area contributed by atoms with E-state index in [0.29, 0.717) is 0 Å². The lowest BCUT2D eigenvalue weighted by Crippen LogP contribution is -2.37. The van der Waals surface area contributed by atoms with Crippen molar-refractivity contribution in [2.75, 3.05) is 20.6 Å². The van der Waals surface area contributed by atoms with Gasteiger partial charge in [0.25, 0.3) is 0 Å². The Balaban J connectivity index is 3.24. The highest BCUT2D eigenvalue weighted by atomic mass is 32.2. The quantitative estimate of drug-likeness (QED) is 0.623. The van der Waals surface area contributed by atoms with Crippen LogP contribution in [0.3, 0.4) is 0 Å². The molecular formula is C9H14N4O5S. The number of nitrogens with one attached hydrogen (secondary N) is 2. The van der Waals surface area contributed by atoms with Crippen molar-refractivity contribution in [3.8, 4) is 0 Å². The van der Waals surface area contributed by atoms with Gasteiger partial charge in [0.1, 0.15) is 4.90 Å². The second kappa shape index (κ2) is 5.36. The van der Waals surface area contributed by atoms with E-state index in [-0.39, 0.29) is 5.69 Å². The Morgan fingerprint density at radius 1 is 1.47 bits per heavy atom. The first-order chi connectivity index (χ1) is 8.71. The van der Waals surface area contributed by atoms with Crippen molar-refractivity contribution in [1.82, 2.24) is 19.8 Å². The standard InChI is InChI=1S/C9H14N4O5S/c1-5-8(7(9(15)16)12-11-5)19(17,18)13(3)4-6(14)10-2/h4H2,1-3H3,(H,10,14)(H,11,12)(H,15,16). The van der Waals surface area contributed by atoms with Gasteiger partial charge in [-0.2, -0.15) is 9.40 Å². The van der Waals surface area contributed by atoms with Gasteiger partial charge < -0.3 is 10.4 Å². The molecule has 1 rings (SSSR count). The van der Waals surface area contributed by atoms with Gasteiger partial charge in [-0.15, -0.1) is 0 Å². The second-order valence-electron chi connectivity index (χ2n) is 3.77.